The second kappa shape index (κ2) is 42.8. The van der Waals surface area contributed by atoms with Gasteiger partial charge in [0.15, 0.2) is 0 Å². The Balaban J connectivity index is -0.0000000197. The van der Waals surface area contributed by atoms with Crippen LogP contribution in [-0.2, 0) is 25.8 Å². The van der Waals surface area contributed by atoms with Crippen LogP contribution >= 0.6 is 0 Å². The molecular formula is H8N7O15Sc. The van der Waals surface area contributed by atoms with E-state index in [1.165, 1.54) is 0 Å². The van der Waals surface area contributed by atoms with Gasteiger partial charge in [0.05, 0.1) is 25.4 Å². The number of hydrogen-bond donors (Lipinski definition) is 2. The van der Waals surface area contributed by atoms with Crippen LogP contribution in [0.1, 0.15) is 0 Å². The van der Waals surface area contributed by atoms with Gasteiger partial charge < -0.3 is 88.9 Å². The molecule has 22 nitrogen and oxygen atoms in total. The third-order valence-corrected chi connectivity index (χ3v) is 0. The molecule has 0 aliphatic heterocycles. The first-order chi connectivity index (χ1) is 8.66. The molecule has 0 aromatic carbocycles. The first-order valence-electron chi connectivity index (χ1n) is 2.74. The summed E-state index contributed by atoms with van der Waals surface area (Å²) in [5.74, 6) is 0. The molecule has 0 rings (SSSR count). The van der Waals surface area contributed by atoms with E-state index in [9.17, 15) is 0 Å². The Morgan fingerprint density at radius 1 is 0.348 bits per heavy atom. The molecule has 0 spiro atoms. The van der Waals surface area contributed by atoms with E-state index in [2.05, 4.69) is 0 Å². The molecule has 0 bridgehead atoms. The van der Waals surface area contributed by atoms with Gasteiger partial charge in [0, 0.05) is 0 Å². The molecule has 0 aliphatic rings. The van der Waals surface area contributed by atoms with Gasteiger partial charge in [0.1, 0.15) is 0 Å². The summed E-state index contributed by atoms with van der Waals surface area (Å²) < 4.78 is 0. The van der Waals surface area contributed by atoms with Gasteiger partial charge in [-0.05, 0) is 0 Å². The maximum atomic E-state index is 8.25. The molecule has 0 aliphatic carbocycles. The number of hydrogen-bond acceptors (Lipinski definition) is 15. The summed E-state index contributed by atoms with van der Waals surface area (Å²) in [4.78, 5) is 41.2. The molecule has 0 saturated carbocycles. The Morgan fingerprint density at radius 2 is 0.348 bits per heavy atom. The maximum Gasteiger partial charge on any atom is 3.00 e. The molecule has 0 aromatic heterocycles. The number of nitrogens with zero attached hydrogens (tertiary/aromatic N) is 5. The van der Waals surface area contributed by atoms with Crippen molar-refractivity contribution in [2.75, 3.05) is 0 Å². The van der Waals surface area contributed by atoms with Crippen LogP contribution in [0.3, 0.4) is 0 Å². The fourth-order valence-electron chi connectivity index (χ4n) is 0. The zero-order valence-electron chi connectivity index (χ0n) is 10.9. The third-order valence-electron chi connectivity index (χ3n) is 0. The summed E-state index contributed by atoms with van der Waals surface area (Å²) in [5, 5.41) is 73.8. The Labute approximate surface area is 141 Å². The average molecular weight is 391 g/mol. The topological polar surface area (TPSA) is 404 Å². The van der Waals surface area contributed by atoms with E-state index in [1.807, 2.05) is 0 Å². The van der Waals surface area contributed by atoms with Crippen molar-refractivity contribution in [3.8, 4) is 0 Å². The van der Waals surface area contributed by atoms with E-state index in [-0.39, 0.29) is 38.1 Å². The van der Waals surface area contributed by atoms with Crippen molar-refractivity contribution < 1.29 is 51.3 Å². The summed E-state index contributed by atoms with van der Waals surface area (Å²) >= 11 is 0. The molecule has 0 aromatic rings. The van der Waals surface area contributed by atoms with Crippen molar-refractivity contribution in [1.82, 2.24) is 12.3 Å². The second-order valence-electron chi connectivity index (χ2n) is 1.12. The Morgan fingerprint density at radius 3 is 0.348 bits per heavy atom. The van der Waals surface area contributed by atoms with E-state index in [1.54, 1.807) is 0 Å². The summed E-state index contributed by atoms with van der Waals surface area (Å²) in [5.41, 5.74) is 0. The number of quaternary nitrogens is 2. The Hall–Kier alpha value is -3.21. The van der Waals surface area contributed by atoms with Crippen LogP contribution < -0.4 is 12.3 Å². The first-order valence-corrected chi connectivity index (χ1v) is 2.74. The van der Waals surface area contributed by atoms with Crippen LogP contribution in [0.25, 0.3) is 0 Å². The summed E-state index contributed by atoms with van der Waals surface area (Å²) in [6.07, 6.45) is 0. The molecule has 8 N–H and O–H groups in total. The fourth-order valence-corrected chi connectivity index (χ4v) is 0. The summed E-state index contributed by atoms with van der Waals surface area (Å²) in [7, 11) is 0. The van der Waals surface area contributed by atoms with Gasteiger partial charge in [0.25, 0.3) is 0 Å². The van der Waals surface area contributed by atoms with E-state index >= 15 is 0 Å². The summed E-state index contributed by atoms with van der Waals surface area (Å²) in [6, 6.07) is 0. The SMILES string of the molecule is O=[N+]([O-])[O-].O=[N+]([O-])[O-].O=[N+]([O-])[O-].O=[N+]([O-])[O-].O=[N+]([O-])[O-].[NH4+].[NH4+].[Sc+3]. The second-order valence-corrected chi connectivity index (χ2v) is 1.12. The van der Waals surface area contributed by atoms with Gasteiger partial charge in [-0.1, -0.05) is 0 Å². The zero-order chi connectivity index (χ0) is 17.9. The zero-order valence-corrected chi connectivity index (χ0v) is 12.7. The van der Waals surface area contributed by atoms with Crippen LogP contribution in [0.15, 0.2) is 0 Å². The average Bonchev–Trinajstić information content (AvgIpc) is 1.94. The van der Waals surface area contributed by atoms with Gasteiger partial charge in [-0.15, -0.1) is 0 Å². The molecule has 0 fully saturated rings. The Kier molecular flexibility index (Phi) is 93.5. The summed E-state index contributed by atoms with van der Waals surface area (Å²) in [6.45, 7) is 0. The molecule has 136 valence electrons. The van der Waals surface area contributed by atoms with Crippen molar-refractivity contribution in [3.05, 3.63) is 76.6 Å². The third kappa shape index (κ3) is 514. The molecule has 23 heavy (non-hydrogen) atoms. The maximum absolute atomic E-state index is 8.25. The van der Waals surface area contributed by atoms with Crippen molar-refractivity contribution in [3.63, 3.8) is 0 Å². The van der Waals surface area contributed by atoms with Crippen molar-refractivity contribution in [2.45, 2.75) is 0 Å². The van der Waals surface area contributed by atoms with E-state index < -0.39 is 25.4 Å². The minimum absolute atomic E-state index is 0. The van der Waals surface area contributed by atoms with Crippen LogP contribution in [0.4, 0.5) is 0 Å². The molecule has 0 radical (unpaired) electrons. The van der Waals surface area contributed by atoms with Crippen molar-refractivity contribution in [1.29, 1.82) is 0 Å². The molecule has 0 amide bonds. The molecule has 0 atom stereocenters. The van der Waals surface area contributed by atoms with Gasteiger partial charge in [-0.3, -0.25) is 0 Å². The van der Waals surface area contributed by atoms with Crippen molar-refractivity contribution >= 4 is 0 Å². The van der Waals surface area contributed by atoms with Crippen LogP contribution in [-0.4, -0.2) is 25.4 Å². The van der Waals surface area contributed by atoms with Crippen LogP contribution in [0.5, 0.6) is 0 Å². The normalized spacial score (nSPS) is 5.22. The van der Waals surface area contributed by atoms with Gasteiger partial charge in [-0.2, -0.15) is 0 Å². The van der Waals surface area contributed by atoms with E-state index in [0.717, 1.165) is 0 Å². The molecule has 23 heteroatoms. The van der Waals surface area contributed by atoms with Gasteiger partial charge in [-0.25, -0.2) is 0 Å². The van der Waals surface area contributed by atoms with Crippen molar-refractivity contribution in [2.24, 2.45) is 0 Å². The monoisotopic (exact) mass is 391 g/mol. The fraction of sp³-hybridized carbons (Fsp3) is 0. The molecule has 0 saturated heterocycles. The minimum atomic E-state index is -1.75. The van der Waals surface area contributed by atoms with E-state index in [4.69, 9.17) is 76.6 Å². The van der Waals surface area contributed by atoms with Crippen LogP contribution in [0, 0.1) is 76.6 Å². The predicted molar refractivity (Wildman–Crippen MR) is 63.8 cm³/mol. The Bertz CT molecular complexity index is 211. The van der Waals surface area contributed by atoms with E-state index in [0.29, 0.717) is 0 Å². The predicted octanol–water partition coefficient (Wildman–Crippen LogP) is -0.446. The first kappa shape index (κ1) is 50.3. The quantitative estimate of drug-likeness (QED) is 0.389. The van der Waals surface area contributed by atoms with Gasteiger partial charge in [0.2, 0.25) is 0 Å². The standard InChI is InChI=1S/5NO3.2H3N.Sc/c5*2-1(3)4;;;/h;;;;;2*1H3;/q5*-1;;;+3/p+2. The van der Waals surface area contributed by atoms with Crippen LogP contribution in [0.2, 0.25) is 0 Å². The molecule has 0 unspecified atom stereocenters. The molecule has 0 heterocycles. The van der Waals surface area contributed by atoms with Gasteiger partial charge >= 0.3 is 25.8 Å². The number of rotatable bonds is 0. The smallest absolute Gasteiger partial charge is 0.369 e. The largest absolute Gasteiger partial charge is 3.00 e. The molecular weight excluding hydrogens is 383 g/mol. The minimum Gasteiger partial charge on any atom is -0.369 e.